The van der Waals surface area contributed by atoms with Crippen LogP contribution in [0.15, 0.2) is 43.0 Å². The van der Waals surface area contributed by atoms with Gasteiger partial charge in [0, 0.05) is 10.8 Å². The van der Waals surface area contributed by atoms with Gasteiger partial charge in [-0.15, -0.1) is 0 Å². The number of hydrogen-bond acceptors (Lipinski definition) is 5. The van der Waals surface area contributed by atoms with E-state index in [-0.39, 0.29) is 0 Å². The summed E-state index contributed by atoms with van der Waals surface area (Å²) in [6.07, 6.45) is 1.73. The number of halogens is 6. The largest absolute Gasteiger partial charge is 0.245 e. The Hall–Kier alpha value is -2.77. The van der Waals surface area contributed by atoms with Crippen molar-refractivity contribution in [2.24, 2.45) is 0 Å². The van der Waals surface area contributed by atoms with E-state index in [0.29, 0.717) is 90.7 Å². The van der Waals surface area contributed by atoms with Crippen LogP contribution >= 0.6 is 69.6 Å². The number of nitrogens with zero attached hydrogens (tertiary/aromatic N) is 5. The van der Waals surface area contributed by atoms with Gasteiger partial charge in [0.25, 0.3) is 0 Å². The Labute approximate surface area is 243 Å². The average molecular weight is 616 g/mol. The molecule has 0 fully saturated rings. The smallest absolute Gasteiger partial charge is 0.120 e. The molecule has 7 rings (SSSR count). The number of benzene rings is 4. The molecule has 0 saturated heterocycles. The van der Waals surface area contributed by atoms with Gasteiger partial charge in [-0.3, -0.25) is 0 Å². The highest BCUT2D eigenvalue weighted by Gasteiger charge is 2.21. The van der Waals surface area contributed by atoms with E-state index in [1.165, 1.54) is 0 Å². The van der Waals surface area contributed by atoms with Crippen LogP contribution in [0, 0.1) is 0 Å². The maximum Gasteiger partial charge on any atom is 0.120 e. The second kappa shape index (κ2) is 8.62. The Kier molecular flexibility index (Phi) is 5.51. The van der Waals surface area contributed by atoms with Gasteiger partial charge in [-0.1, -0.05) is 82.3 Å². The molecule has 0 amide bonds. The number of aromatic nitrogens is 5. The van der Waals surface area contributed by atoms with E-state index in [2.05, 4.69) is 6.58 Å². The molecule has 5 nitrogen and oxygen atoms in total. The lowest BCUT2D eigenvalue weighted by atomic mass is 9.99. The van der Waals surface area contributed by atoms with Crippen molar-refractivity contribution in [1.82, 2.24) is 24.9 Å². The third-order valence-electron chi connectivity index (χ3n) is 6.37. The lowest BCUT2D eigenvalue weighted by molar-refractivity contribution is 1.36. The first-order valence-corrected chi connectivity index (χ1v) is 13.3. The van der Waals surface area contributed by atoms with Gasteiger partial charge in [0.15, 0.2) is 0 Å². The highest BCUT2D eigenvalue weighted by molar-refractivity contribution is 6.44. The molecule has 0 saturated carbocycles. The molecule has 0 atom stereocenters. The molecule has 0 aliphatic heterocycles. The van der Waals surface area contributed by atoms with E-state index in [1.807, 2.05) is 0 Å². The van der Waals surface area contributed by atoms with Crippen LogP contribution in [0.2, 0.25) is 30.1 Å². The Morgan fingerprint density at radius 3 is 1.18 bits per heavy atom. The standard InChI is InChI=1S/C27H9Cl6N5/c1-2-9-10-3-11(28)12(29)4-17(10)34-23-22(9)24-26(36-19-6-14(31)13(30)5-18(19)35-24)27-25(23)37-20-7-15(32)16(33)8-21(20)38-27/h2-8H,1H2. The van der Waals surface area contributed by atoms with E-state index < -0.39 is 0 Å². The molecule has 3 aromatic heterocycles. The van der Waals surface area contributed by atoms with Crippen LogP contribution in [0.25, 0.3) is 72.0 Å². The van der Waals surface area contributed by atoms with Crippen LogP contribution in [0.5, 0.6) is 0 Å². The summed E-state index contributed by atoms with van der Waals surface area (Å²) >= 11 is 38.0. The van der Waals surface area contributed by atoms with Crippen LogP contribution in [0.3, 0.4) is 0 Å². The normalized spacial score (nSPS) is 12.1. The molecule has 0 bridgehead atoms. The second-order valence-electron chi connectivity index (χ2n) is 8.59. The van der Waals surface area contributed by atoms with Crippen molar-refractivity contribution in [2.75, 3.05) is 0 Å². The van der Waals surface area contributed by atoms with Gasteiger partial charge in [0.2, 0.25) is 0 Å². The number of rotatable bonds is 1. The van der Waals surface area contributed by atoms with Crippen LogP contribution < -0.4 is 0 Å². The summed E-state index contributed by atoms with van der Waals surface area (Å²) in [7, 11) is 0. The summed E-state index contributed by atoms with van der Waals surface area (Å²) in [4.78, 5) is 24.6. The molecule has 3 heterocycles. The summed E-state index contributed by atoms with van der Waals surface area (Å²) in [5.41, 5.74) is 6.14. The predicted octanol–water partition coefficient (Wildman–Crippen LogP) is 10.1. The number of hydrogen-bond donors (Lipinski definition) is 0. The molecular formula is C27H9Cl6N5. The summed E-state index contributed by atoms with van der Waals surface area (Å²) < 4.78 is 0. The SMILES string of the molecule is C=Cc1c2cc(Cl)c(Cl)cc2nc2c3nc4cc(Cl)c(Cl)cc4nc3c3nc4cc(Cl)c(Cl)cc4nc3c12. The van der Waals surface area contributed by atoms with Gasteiger partial charge in [0.05, 0.1) is 57.7 Å². The Morgan fingerprint density at radius 1 is 0.447 bits per heavy atom. The summed E-state index contributed by atoms with van der Waals surface area (Å²) in [5, 5.41) is 3.66. The third-order valence-corrected chi connectivity index (χ3v) is 8.54. The second-order valence-corrected chi connectivity index (χ2v) is 11.0. The van der Waals surface area contributed by atoms with E-state index >= 15 is 0 Å². The summed E-state index contributed by atoms with van der Waals surface area (Å²) in [5.74, 6) is 0. The van der Waals surface area contributed by atoms with Gasteiger partial charge in [0.1, 0.15) is 27.6 Å². The Bertz CT molecular complexity index is 2170. The van der Waals surface area contributed by atoms with E-state index in [0.717, 1.165) is 10.9 Å². The molecular weight excluding hydrogens is 607 g/mol. The molecule has 0 radical (unpaired) electrons. The topological polar surface area (TPSA) is 64.5 Å². The minimum atomic E-state index is 0.362. The molecule has 184 valence electrons. The fourth-order valence-electron chi connectivity index (χ4n) is 4.68. The van der Waals surface area contributed by atoms with E-state index in [1.54, 1.807) is 42.5 Å². The molecule has 38 heavy (non-hydrogen) atoms. The van der Waals surface area contributed by atoms with Gasteiger partial charge in [-0.05, 0) is 42.0 Å². The van der Waals surface area contributed by atoms with Crippen LogP contribution in [0.4, 0.5) is 0 Å². The number of fused-ring (bicyclic) bond motifs is 9. The fraction of sp³-hybridized carbons (Fsp3) is 0. The van der Waals surface area contributed by atoms with Crippen LogP contribution in [0.1, 0.15) is 5.56 Å². The van der Waals surface area contributed by atoms with Crippen molar-refractivity contribution in [3.8, 4) is 0 Å². The molecule has 0 aliphatic rings. The first-order chi connectivity index (χ1) is 18.2. The summed E-state index contributed by atoms with van der Waals surface area (Å²) in [6, 6.07) is 10.1. The highest BCUT2D eigenvalue weighted by atomic mass is 35.5. The van der Waals surface area contributed by atoms with Crippen LogP contribution in [-0.2, 0) is 0 Å². The molecule has 0 N–H and O–H groups in total. The number of pyridine rings is 1. The lowest BCUT2D eigenvalue weighted by Crippen LogP contribution is -1.99. The zero-order valence-corrected chi connectivity index (χ0v) is 23.3. The minimum Gasteiger partial charge on any atom is -0.245 e. The van der Waals surface area contributed by atoms with Gasteiger partial charge >= 0.3 is 0 Å². The van der Waals surface area contributed by atoms with Crippen molar-refractivity contribution in [3.63, 3.8) is 0 Å². The monoisotopic (exact) mass is 613 g/mol. The Morgan fingerprint density at radius 2 is 0.763 bits per heavy atom. The van der Waals surface area contributed by atoms with Gasteiger partial charge in [-0.25, -0.2) is 24.9 Å². The molecule has 11 heteroatoms. The van der Waals surface area contributed by atoms with Crippen molar-refractivity contribution < 1.29 is 0 Å². The predicted molar refractivity (Wildman–Crippen MR) is 161 cm³/mol. The molecule has 4 aromatic carbocycles. The summed E-state index contributed by atoms with van der Waals surface area (Å²) in [6.45, 7) is 4.07. The average Bonchev–Trinajstić information content (AvgIpc) is 2.88. The zero-order chi connectivity index (χ0) is 26.5. The van der Waals surface area contributed by atoms with E-state index in [4.69, 9.17) is 94.5 Å². The molecule has 7 aromatic rings. The quantitative estimate of drug-likeness (QED) is 0.136. The molecule has 0 unspecified atom stereocenters. The minimum absolute atomic E-state index is 0.362. The van der Waals surface area contributed by atoms with Crippen molar-refractivity contribution >= 4 is 142 Å². The molecule has 0 spiro atoms. The lowest BCUT2D eigenvalue weighted by Gasteiger charge is -2.14. The Balaban J connectivity index is 1.82. The third kappa shape index (κ3) is 3.51. The fourth-order valence-corrected chi connectivity index (χ4v) is 5.63. The first kappa shape index (κ1) is 24.3. The first-order valence-electron chi connectivity index (χ1n) is 11.0. The highest BCUT2D eigenvalue weighted by Crippen LogP contribution is 2.40. The van der Waals surface area contributed by atoms with Crippen molar-refractivity contribution in [3.05, 3.63) is 78.7 Å². The van der Waals surface area contributed by atoms with Gasteiger partial charge < -0.3 is 0 Å². The van der Waals surface area contributed by atoms with Crippen molar-refractivity contribution in [1.29, 1.82) is 0 Å². The zero-order valence-electron chi connectivity index (χ0n) is 18.8. The maximum atomic E-state index is 6.39. The van der Waals surface area contributed by atoms with Gasteiger partial charge in [-0.2, -0.15) is 0 Å². The van der Waals surface area contributed by atoms with Crippen LogP contribution in [-0.4, -0.2) is 24.9 Å². The van der Waals surface area contributed by atoms with E-state index in [9.17, 15) is 0 Å². The molecule has 0 aliphatic carbocycles. The maximum absolute atomic E-state index is 6.39. The van der Waals surface area contributed by atoms with Crippen molar-refractivity contribution in [2.45, 2.75) is 0 Å².